The maximum Gasteiger partial charge on any atom is 0.0682 e. The van der Waals surface area contributed by atoms with Gasteiger partial charge < -0.3 is 16.6 Å². The van der Waals surface area contributed by atoms with Crippen molar-refractivity contribution in [1.82, 2.24) is 0 Å². The number of nitrogens with two attached hydrogens (primary N) is 2. The van der Waals surface area contributed by atoms with Gasteiger partial charge in [-0.2, -0.15) is 0 Å². The third-order valence-corrected chi connectivity index (χ3v) is 1.33. The van der Waals surface area contributed by atoms with Gasteiger partial charge in [-0.1, -0.05) is 6.07 Å². The predicted octanol–water partition coefficient (Wildman–Crippen LogP) is 0.343. The standard InChI is InChI=1S/C7H10N2O/c8-6-2-1-5(4-10)3-7(6)9/h1-3,10H,4,8-9H2. The molecule has 5 N–H and O–H groups in total. The fourth-order valence-corrected chi connectivity index (χ4v) is 0.723. The highest BCUT2D eigenvalue weighted by atomic mass is 16.3. The quantitative estimate of drug-likeness (QED) is 0.490. The molecule has 0 atom stereocenters. The Labute approximate surface area is 59.3 Å². The number of rotatable bonds is 1. The Kier molecular flexibility index (Phi) is 1.78. The zero-order valence-corrected chi connectivity index (χ0v) is 5.54. The second-order valence-corrected chi connectivity index (χ2v) is 2.12. The Morgan fingerprint density at radius 1 is 1.20 bits per heavy atom. The summed E-state index contributed by atoms with van der Waals surface area (Å²) in [6.45, 7) is 0.00444. The molecule has 0 aliphatic rings. The first-order chi connectivity index (χ1) is 4.74. The molecule has 10 heavy (non-hydrogen) atoms. The molecule has 3 nitrogen and oxygen atoms in total. The zero-order chi connectivity index (χ0) is 7.56. The van der Waals surface area contributed by atoms with E-state index in [-0.39, 0.29) is 6.61 Å². The van der Waals surface area contributed by atoms with Crippen LogP contribution in [0.2, 0.25) is 0 Å². The van der Waals surface area contributed by atoms with Gasteiger partial charge in [-0.05, 0) is 17.7 Å². The third kappa shape index (κ3) is 1.19. The number of nitrogen functional groups attached to an aromatic ring is 2. The molecule has 0 heterocycles. The highest BCUT2D eigenvalue weighted by Gasteiger charge is 1.94. The van der Waals surface area contributed by atoms with E-state index in [0.717, 1.165) is 5.56 Å². The molecule has 0 unspecified atom stereocenters. The summed E-state index contributed by atoms with van der Waals surface area (Å²) in [5, 5.41) is 8.66. The lowest BCUT2D eigenvalue weighted by molar-refractivity contribution is 0.282. The summed E-state index contributed by atoms with van der Waals surface area (Å²) in [5.41, 5.74) is 12.8. The molecule has 0 amide bonds. The maximum atomic E-state index is 8.66. The summed E-state index contributed by atoms with van der Waals surface area (Å²) in [7, 11) is 0. The molecular weight excluding hydrogens is 128 g/mol. The largest absolute Gasteiger partial charge is 0.397 e. The van der Waals surface area contributed by atoms with Crippen molar-refractivity contribution in [2.75, 3.05) is 11.5 Å². The van der Waals surface area contributed by atoms with Crippen LogP contribution in [-0.2, 0) is 6.61 Å². The van der Waals surface area contributed by atoms with Gasteiger partial charge in [0.1, 0.15) is 0 Å². The fraction of sp³-hybridized carbons (Fsp3) is 0.143. The molecule has 0 fully saturated rings. The van der Waals surface area contributed by atoms with Gasteiger partial charge in [0, 0.05) is 0 Å². The van der Waals surface area contributed by atoms with Crippen molar-refractivity contribution < 1.29 is 5.11 Å². The van der Waals surface area contributed by atoms with E-state index in [4.69, 9.17) is 16.6 Å². The average Bonchev–Trinajstić information content (AvgIpc) is 1.95. The zero-order valence-electron chi connectivity index (χ0n) is 5.54. The molecule has 0 saturated heterocycles. The third-order valence-electron chi connectivity index (χ3n) is 1.33. The van der Waals surface area contributed by atoms with Crippen LogP contribution in [0, 0.1) is 0 Å². The van der Waals surface area contributed by atoms with Crippen molar-refractivity contribution in [3.05, 3.63) is 23.8 Å². The number of hydrogen-bond donors (Lipinski definition) is 3. The van der Waals surface area contributed by atoms with E-state index < -0.39 is 0 Å². The molecule has 1 aromatic rings. The highest BCUT2D eigenvalue weighted by Crippen LogP contribution is 2.15. The molecule has 3 heteroatoms. The van der Waals surface area contributed by atoms with E-state index in [2.05, 4.69) is 0 Å². The first kappa shape index (κ1) is 6.89. The first-order valence-electron chi connectivity index (χ1n) is 2.99. The fourth-order valence-electron chi connectivity index (χ4n) is 0.723. The maximum absolute atomic E-state index is 8.66. The lowest BCUT2D eigenvalue weighted by Crippen LogP contribution is -1.95. The van der Waals surface area contributed by atoms with Crippen LogP contribution < -0.4 is 11.5 Å². The number of anilines is 2. The minimum atomic E-state index is 0.00444. The molecule has 0 bridgehead atoms. The monoisotopic (exact) mass is 138 g/mol. The van der Waals surface area contributed by atoms with E-state index in [1.807, 2.05) is 0 Å². The molecule has 0 aromatic heterocycles. The molecule has 0 aliphatic heterocycles. The van der Waals surface area contributed by atoms with Crippen molar-refractivity contribution >= 4 is 11.4 Å². The van der Waals surface area contributed by atoms with E-state index in [0.29, 0.717) is 11.4 Å². The highest BCUT2D eigenvalue weighted by molar-refractivity contribution is 5.63. The predicted molar refractivity (Wildman–Crippen MR) is 41.2 cm³/mol. The van der Waals surface area contributed by atoms with Crippen LogP contribution in [0.4, 0.5) is 11.4 Å². The second-order valence-electron chi connectivity index (χ2n) is 2.12. The van der Waals surface area contributed by atoms with Gasteiger partial charge in [0.2, 0.25) is 0 Å². The lowest BCUT2D eigenvalue weighted by Gasteiger charge is -2.00. The summed E-state index contributed by atoms with van der Waals surface area (Å²) in [6.07, 6.45) is 0. The van der Waals surface area contributed by atoms with Gasteiger partial charge in [-0.25, -0.2) is 0 Å². The van der Waals surface area contributed by atoms with Gasteiger partial charge in [0.15, 0.2) is 0 Å². The van der Waals surface area contributed by atoms with Crippen LogP contribution in [0.1, 0.15) is 5.56 Å². The van der Waals surface area contributed by atoms with E-state index in [1.165, 1.54) is 0 Å². The summed E-state index contributed by atoms with van der Waals surface area (Å²) in [5.74, 6) is 0. The van der Waals surface area contributed by atoms with Crippen LogP contribution in [0.3, 0.4) is 0 Å². The van der Waals surface area contributed by atoms with Gasteiger partial charge >= 0.3 is 0 Å². The van der Waals surface area contributed by atoms with Gasteiger partial charge in [0.25, 0.3) is 0 Å². The van der Waals surface area contributed by atoms with Gasteiger partial charge in [-0.15, -0.1) is 0 Å². The molecule has 1 aromatic carbocycles. The van der Waals surface area contributed by atoms with Crippen LogP contribution in [0.15, 0.2) is 18.2 Å². The molecule has 0 aliphatic carbocycles. The number of hydrogen-bond acceptors (Lipinski definition) is 3. The summed E-state index contributed by atoms with van der Waals surface area (Å²) in [4.78, 5) is 0. The average molecular weight is 138 g/mol. The Morgan fingerprint density at radius 2 is 1.90 bits per heavy atom. The van der Waals surface area contributed by atoms with Crippen molar-refractivity contribution in [3.8, 4) is 0 Å². The SMILES string of the molecule is Nc1ccc(CO)cc1N. The van der Waals surface area contributed by atoms with Crippen molar-refractivity contribution in [2.24, 2.45) is 0 Å². The van der Waals surface area contributed by atoms with E-state index in [1.54, 1.807) is 18.2 Å². The van der Waals surface area contributed by atoms with E-state index >= 15 is 0 Å². The summed E-state index contributed by atoms with van der Waals surface area (Å²) < 4.78 is 0. The molecular formula is C7H10N2O. The van der Waals surface area contributed by atoms with Crippen molar-refractivity contribution in [3.63, 3.8) is 0 Å². The van der Waals surface area contributed by atoms with Crippen LogP contribution >= 0.6 is 0 Å². The van der Waals surface area contributed by atoms with Crippen molar-refractivity contribution in [2.45, 2.75) is 6.61 Å². The lowest BCUT2D eigenvalue weighted by atomic mass is 10.2. The van der Waals surface area contributed by atoms with Crippen LogP contribution in [-0.4, -0.2) is 5.11 Å². The Bertz CT molecular complexity index is 235. The Hall–Kier alpha value is -1.22. The van der Waals surface area contributed by atoms with E-state index in [9.17, 15) is 0 Å². The number of aliphatic hydroxyl groups excluding tert-OH is 1. The molecule has 0 radical (unpaired) electrons. The molecule has 0 saturated carbocycles. The molecule has 54 valence electrons. The Morgan fingerprint density at radius 3 is 2.40 bits per heavy atom. The number of benzene rings is 1. The van der Waals surface area contributed by atoms with Crippen LogP contribution in [0.5, 0.6) is 0 Å². The molecule has 0 spiro atoms. The minimum absolute atomic E-state index is 0.00444. The normalized spacial score (nSPS) is 9.70. The smallest absolute Gasteiger partial charge is 0.0682 e. The topological polar surface area (TPSA) is 72.3 Å². The number of aliphatic hydroxyl groups is 1. The minimum Gasteiger partial charge on any atom is -0.397 e. The van der Waals surface area contributed by atoms with Gasteiger partial charge in [0.05, 0.1) is 18.0 Å². The molecule has 1 rings (SSSR count). The van der Waals surface area contributed by atoms with Gasteiger partial charge in [-0.3, -0.25) is 0 Å². The van der Waals surface area contributed by atoms with Crippen molar-refractivity contribution in [1.29, 1.82) is 0 Å². The first-order valence-corrected chi connectivity index (χ1v) is 2.99. The summed E-state index contributed by atoms with van der Waals surface area (Å²) in [6, 6.07) is 5.09. The summed E-state index contributed by atoms with van der Waals surface area (Å²) >= 11 is 0. The Balaban J connectivity index is 3.04. The second kappa shape index (κ2) is 2.58. The van der Waals surface area contributed by atoms with Crippen LogP contribution in [0.25, 0.3) is 0 Å².